The van der Waals surface area contributed by atoms with Crippen LogP contribution in [0.15, 0.2) is 109 Å². The lowest BCUT2D eigenvalue weighted by Gasteiger charge is -2.27. The van der Waals surface area contributed by atoms with Crippen molar-refractivity contribution in [2.75, 3.05) is 4.90 Å². The summed E-state index contributed by atoms with van der Waals surface area (Å²) in [5.41, 5.74) is 5.75. The second-order valence-electron chi connectivity index (χ2n) is 6.52. The van der Waals surface area contributed by atoms with Gasteiger partial charge in [0.05, 0.1) is 5.69 Å². The second-order valence-corrected chi connectivity index (χ2v) is 6.52. The van der Waals surface area contributed by atoms with Crippen molar-refractivity contribution < 1.29 is 10.0 Å². The maximum Gasteiger partial charge on any atom is 0.488 e. The smallest absolute Gasteiger partial charge is 0.423 e. The Morgan fingerprint density at radius 2 is 1.04 bits per heavy atom. The van der Waals surface area contributed by atoms with E-state index in [0.29, 0.717) is 5.46 Å². The van der Waals surface area contributed by atoms with Crippen molar-refractivity contribution in [1.82, 2.24) is 0 Å². The SMILES string of the molecule is OB(O)c1ccc(-c2ccccc2N(c2ccccc2)c2ccccc2)cc1. The Kier molecular flexibility index (Phi) is 5.24. The van der Waals surface area contributed by atoms with Gasteiger partial charge in [0.2, 0.25) is 0 Å². The van der Waals surface area contributed by atoms with Gasteiger partial charge in [0, 0.05) is 16.9 Å². The van der Waals surface area contributed by atoms with Crippen LogP contribution < -0.4 is 10.4 Å². The fourth-order valence-electron chi connectivity index (χ4n) is 3.33. The maximum atomic E-state index is 9.37. The van der Waals surface area contributed by atoms with Gasteiger partial charge in [-0.1, -0.05) is 78.9 Å². The predicted molar refractivity (Wildman–Crippen MR) is 116 cm³/mol. The highest BCUT2D eigenvalue weighted by atomic mass is 16.4. The average Bonchev–Trinajstić information content (AvgIpc) is 2.76. The summed E-state index contributed by atoms with van der Waals surface area (Å²) >= 11 is 0. The third-order valence-corrected chi connectivity index (χ3v) is 4.69. The first-order valence-corrected chi connectivity index (χ1v) is 9.20. The number of hydrogen-bond donors (Lipinski definition) is 2. The van der Waals surface area contributed by atoms with Crippen LogP contribution in [0.5, 0.6) is 0 Å². The van der Waals surface area contributed by atoms with Gasteiger partial charge in [-0.25, -0.2) is 0 Å². The molecule has 3 nitrogen and oxygen atoms in total. The summed E-state index contributed by atoms with van der Waals surface area (Å²) < 4.78 is 0. The number of hydrogen-bond acceptors (Lipinski definition) is 3. The van der Waals surface area contributed by atoms with Crippen LogP contribution in [0.4, 0.5) is 17.1 Å². The van der Waals surface area contributed by atoms with E-state index in [1.165, 1.54) is 0 Å². The molecule has 4 aromatic carbocycles. The van der Waals surface area contributed by atoms with E-state index < -0.39 is 7.12 Å². The Bertz CT molecular complexity index is 995. The van der Waals surface area contributed by atoms with Crippen LogP contribution in [0.3, 0.4) is 0 Å². The molecule has 4 aromatic rings. The highest BCUT2D eigenvalue weighted by Crippen LogP contribution is 2.40. The molecule has 0 unspecified atom stereocenters. The summed E-state index contributed by atoms with van der Waals surface area (Å²) in [4.78, 5) is 2.23. The summed E-state index contributed by atoms with van der Waals surface area (Å²) in [6, 6.07) is 36.1. The molecule has 0 radical (unpaired) electrons. The number of benzene rings is 4. The molecule has 4 heteroatoms. The van der Waals surface area contributed by atoms with Crippen molar-refractivity contribution in [2.45, 2.75) is 0 Å². The second kappa shape index (κ2) is 8.13. The van der Waals surface area contributed by atoms with E-state index >= 15 is 0 Å². The first-order valence-electron chi connectivity index (χ1n) is 9.20. The van der Waals surface area contributed by atoms with E-state index in [-0.39, 0.29) is 0 Å². The van der Waals surface area contributed by atoms with Crippen molar-refractivity contribution >= 4 is 29.6 Å². The van der Waals surface area contributed by atoms with E-state index in [0.717, 1.165) is 28.2 Å². The molecule has 0 aliphatic rings. The molecule has 0 heterocycles. The van der Waals surface area contributed by atoms with Crippen LogP contribution in [0.25, 0.3) is 11.1 Å². The van der Waals surface area contributed by atoms with Gasteiger partial charge < -0.3 is 14.9 Å². The number of rotatable bonds is 5. The molecule has 0 fully saturated rings. The van der Waals surface area contributed by atoms with Gasteiger partial charge >= 0.3 is 7.12 Å². The molecule has 2 N–H and O–H groups in total. The first-order chi connectivity index (χ1) is 13.7. The molecule has 0 aliphatic heterocycles. The normalized spacial score (nSPS) is 10.5. The summed E-state index contributed by atoms with van der Waals surface area (Å²) in [7, 11) is -1.46. The average molecular weight is 365 g/mol. The molecule has 0 atom stereocenters. The summed E-state index contributed by atoms with van der Waals surface area (Å²) in [6.07, 6.45) is 0. The molecule has 0 saturated carbocycles. The van der Waals surface area contributed by atoms with Crippen molar-refractivity contribution in [3.63, 3.8) is 0 Å². The largest absolute Gasteiger partial charge is 0.488 e. The molecule has 0 aromatic heterocycles. The maximum absolute atomic E-state index is 9.37. The zero-order valence-corrected chi connectivity index (χ0v) is 15.3. The number of para-hydroxylation sites is 3. The molecule has 0 amide bonds. The number of anilines is 3. The fraction of sp³-hybridized carbons (Fsp3) is 0. The van der Waals surface area contributed by atoms with Crippen molar-refractivity contribution in [3.8, 4) is 11.1 Å². The third-order valence-electron chi connectivity index (χ3n) is 4.69. The zero-order valence-electron chi connectivity index (χ0n) is 15.3. The minimum atomic E-state index is -1.46. The minimum Gasteiger partial charge on any atom is -0.423 e. The van der Waals surface area contributed by atoms with Gasteiger partial charge in [-0.05, 0) is 41.4 Å². The molecule has 28 heavy (non-hydrogen) atoms. The fourth-order valence-corrected chi connectivity index (χ4v) is 3.33. The summed E-state index contributed by atoms with van der Waals surface area (Å²) in [5.74, 6) is 0. The molecule has 0 bridgehead atoms. The Morgan fingerprint density at radius 3 is 1.57 bits per heavy atom. The standard InChI is InChI=1S/C24H20BNO2/c27-25(28)20-17-15-19(16-18-20)23-13-7-8-14-24(23)26(21-9-3-1-4-10-21)22-11-5-2-6-12-22/h1-18,27-28H. The summed E-state index contributed by atoms with van der Waals surface area (Å²) in [6.45, 7) is 0. The first kappa shape index (κ1) is 18.0. The lowest BCUT2D eigenvalue weighted by molar-refractivity contribution is 0.426. The van der Waals surface area contributed by atoms with Gasteiger partial charge in [-0.15, -0.1) is 0 Å². The van der Waals surface area contributed by atoms with Crippen LogP contribution >= 0.6 is 0 Å². The van der Waals surface area contributed by atoms with Gasteiger partial charge in [0.1, 0.15) is 0 Å². The predicted octanol–water partition coefficient (Wildman–Crippen LogP) is 4.50. The Morgan fingerprint density at radius 1 is 0.536 bits per heavy atom. The van der Waals surface area contributed by atoms with Gasteiger partial charge in [0.25, 0.3) is 0 Å². The lowest BCUT2D eigenvalue weighted by Crippen LogP contribution is -2.29. The molecule has 4 rings (SSSR count). The van der Waals surface area contributed by atoms with Crippen molar-refractivity contribution in [3.05, 3.63) is 109 Å². The Balaban J connectivity index is 1.86. The monoisotopic (exact) mass is 365 g/mol. The highest BCUT2D eigenvalue weighted by molar-refractivity contribution is 6.58. The minimum absolute atomic E-state index is 0.476. The van der Waals surface area contributed by atoms with Gasteiger partial charge in [0.15, 0.2) is 0 Å². The van der Waals surface area contributed by atoms with Crippen molar-refractivity contribution in [2.24, 2.45) is 0 Å². The van der Waals surface area contributed by atoms with E-state index in [2.05, 4.69) is 41.3 Å². The highest BCUT2D eigenvalue weighted by Gasteiger charge is 2.17. The van der Waals surface area contributed by atoms with Crippen LogP contribution in [-0.2, 0) is 0 Å². The van der Waals surface area contributed by atoms with Gasteiger partial charge in [-0.3, -0.25) is 0 Å². The third kappa shape index (κ3) is 3.69. The van der Waals surface area contributed by atoms with Crippen LogP contribution in [0, 0.1) is 0 Å². The topological polar surface area (TPSA) is 43.7 Å². The number of nitrogens with zero attached hydrogens (tertiary/aromatic N) is 1. The Hall–Kier alpha value is -3.34. The Labute approximate surface area is 165 Å². The lowest BCUT2D eigenvalue weighted by atomic mass is 9.80. The molecule has 0 aliphatic carbocycles. The molecular formula is C24H20BNO2. The molecule has 136 valence electrons. The molecular weight excluding hydrogens is 345 g/mol. The molecule has 0 spiro atoms. The quantitative estimate of drug-likeness (QED) is 0.512. The van der Waals surface area contributed by atoms with Crippen LogP contribution in [0.1, 0.15) is 0 Å². The molecule has 0 saturated heterocycles. The van der Waals surface area contributed by atoms with Crippen molar-refractivity contribution in [1.29, 1.82) is 0 Å². The zero-order chi connectivity index (χ0) is 19.3. The summed E-state index contributed by atoms with van der Waals surface area (Å²) in [5, 5.41) is 18.7. The van der Waals surface area contributed by atoms with Gasteiger partial charge in [-0.2, -0.15) is 0 Å². The van der Waals surface area contributed by atoms with E-state index in [4.69, 9.17) is 0 Å². The van der Waals surface area contributed by atoms with E-state index in [1.807, 2.05) is 60.7 Å². The van der Waals surface area contributed by atoms with E-state index in [9.17, 15) is 10.0 Å². The van der Waals surface area contributed by atoms with Crippen LogP contribution in [-0.4, -0.2) is 17.2 Å². The van der Waals surface area contributed by atoms with E-state index in [1.54, 1.807) is 12.1 Å². The van der Waals surface area contributed by atoms with Crippen LogP contribution in [0.2, 0.25) is 0 Å².